The zero-order valence-corrected chi connectivity index (χ0v) is 14.6. The third kappa shape index (κ3) is 3.33. The van der Waals surface area contributed by atoms with E-state index in [0.29, 0.717) is 17.7 Å². The molecule has 3 aromatic rings. The summed E-state index contributed by atoms with van der Waals surface area (Å²) >= 11 is 0. The molecule has 0 radical (unpaired) electrons. The Hall–Kier alpha value is -3.41. The van der Waals surface area contributed by atoms with Crippen LogP contribution in [0.3, 0.4) is 0 Å². The minimum atomic E-state index is -0.409. The Bertz CT molecular complexity index is 1040. The minimum absolute atomic E-state index is 0.0323. The van der Waals surface area contributed by atoms with E-state index in [1.807, 2.05) is 25.1 Å². The normalized spacial score (nSPS) is 13.8. The number of anilines is 1. The van der Waals surface area contributed by atoms with Crippen LogP contribution < -0.4 is 10.6 Å². The molecule has 2 N–H and O–H groups in total. The van der Waals surface area contributed by atoms with Gasteiger partial charge >= 0.3 is 0 Å². The number of carbonyl (C=O) groups excluding carboxylic acids is 2. The van der Waals surface area contributed by atoms with Crippen LogP contribution in [0.1, 0.15) is 34.6 Å². The molecule has 6 heteroatoms. The van der Waals surface area contributed by atoms with Crippen LogP contribution in [0.25, 0.3) is 11.3 Å². The maximum Gasteiger partial charge on any atom is 0.287 e. The molecule has 0 fully saturated rings. The van der Waals surface area contributed by atoms with Crippen molar-refractivity contribution in [3.8, 4) is 11.3 Å². The van der Waals surface area contributed by atoms with Crippen molar-refractivity contribution in [1.29, 1.82) is 0 Å². The fraction of sp³-hybridized carbons (Fsp3) is 0.143. The van der Waals surface area contributed by atoms with E-state index < -0.39 is 5.82 Å². The number of fused-ring (bicyclic) bond motifs is 1. The predicted molar refractivity (Wildman–Crippen MR) is 98.8 cm³/mol. The van der Waals surface area contributed by atoms with Crippen LogP contribution in [-0.2, 0) is 11.2 Å². The fourth-order valence-electron chi connectivity index (χ4n) is 3.14. The number of halogens is 1. The zero-order chi connectivity index (χ0) is 19.0. The quantitative estimate of drug-likeness (QED) is 0.733. The van der Waals surface area contributed by atoms with E-state index in [2.05, 4.69) is 10.6 Å². The molecule has 2 aromatic carbocycles. The smallest absolute Gasteiger partial charge is 0.287 e. The van der Waals surface area contributed by atoms with E-state index >= 15 is 0 Å². The van der Waals surface area contributed by atoms with Gasteiger partial charge < -0.3 is 15.1 Å². The second-order valence-electron chi connectivity index (χ2n) is 6.48. The molecule has 4 rings (SSSR count). The number of benzene rings is 2. The van der Waals surface area contributed by atoms with Crippen LogP contribution in [-0.4, -0.2) is 11.8 Å². The van der Waals surface area contributed by atoms with Crippen molar-refractivity contribution in [3.63, 3.8) is 0 Å². The summed E-state index contributed by atoms with van der Waals surface area (Å²) in [6.07, 6.45) is 0.341. The van der Waals surface area contributed by atoms with Crippen molar-refractivity contribution < 1.29 is 18.4 Å². The standard InChI is InChI=1S/C21H17FN2O3/c1-12(13-6-7-17-14(10-13)11-20(25)24-17)23-21(26)19-9-8-18(27-19)15-4-2-3-5-16(15)22/h2-10,12H,11H2,1H3,(H,23,26)(H,24,25). The molecule has 136 valence electrons. The van der Waals surface area contributed by atoms with Gasteiger partial charge in [0.1, 0.15) is 11.6 Å². The lowest BCUT2D eigenvalue weighted by atomic mass is 10.0. The molecule has 1 atom stereocenters. The maximum absolute atomic E-state index is 13.9. The minimum Gasteiger partial charge on any atom is -0.451 e. The summed E-state index contributed by atoms with van der Waals surface area (Å²) in [5.41, 5.74) is 2.92. The lowest BCUT2D eigenvalue weighted by Gasteiger charge is -2.14. The van der Waals surface area contributed by atoms with Crippen LogP contribution in [0.15, 0.2) is 59.0 Å². The van der Waals surface area contributed by atoms with Crippen LogP contribution in [0, 0.1) is 5.82 Å². The number of rotatable bonds is 4. The van der Waals surface area contributed by atoms with Gasteiger partial charge in [-0.15, -0.1) is 0 Å². The number of carbonyl (C=O) groups is 2. The second kappa shape index (κ2) is 6.72. The van der Waals surface area contributed by atoms with Gasteiger partial charge in [-0.3, -0.25) is 9.59 Å². The zero-order valence-electron chi connectivity index (χ0n) is 14.6. The molecular formula is C21H17FN2O3. The van der Waals surface area contributed by atoms with Crippen molar-refractivity contribution >= 4 is 17.5 Å². The molecule has 0 aliphatic carbocycles. The fourth-order valence-corrected chi connectivity index (χ4v) is 3.14. The van der Waals surface area contributed by atoms with Crippen molar-refractivity contribution in [1.82, 2.24) is 5.32 Å². The molecule has 2 amide bonds. The summed E-state index contributed by atoms with van der Waals surface area (Å²) < 4.78 is 19.4. The predicted octanol–water partition coefficient (Wildman–Crippen LogP) is 4.07. The van der Waals surface area contributed by atoms with E-state index in [4.69, 9.17) is 4.42 Å². The van der Waals surface area contributed by atoms with Gasteiger partial charge in [-0.05, 0) is 48.4 Å². The molecule has 0 saturated carbocycles. The first-order valence-corrected chi connectivity index (χ1v) is 8.59. The Morgan fingerprint density at radius 3 is 2.81 bits per heavy atom. The van der Waals surface area contributed by atoms with Crippen LogP contribution >= 0.6 is 0 Å². The first-order valence-electron chi connectivity index (χ1n) is 8.59. The van der Waals surface area contributed by atoms with Gasteiger partial charge in [-0.25, -0.2) is 4.39 Å². The second-order valence-corrected chi connectivity index (χ2v) is 6.48. The topological polar surface area (TPSA) is 71.3 Å². The van der Waals surface area contributed by atoms with Crippen molar-refractivity contribution in [3.05, 3.63) is 77.3 Å². The maximum atomic E-state index is 13.9. The van der Waals surface area contributed by atoms with Gasteiger partial charge in [-0.1, -0.05) is 24.3 Å². The van der Waals surface area contributed by atoms with E-state index in [1.165, 1.54) is 12.1 Å². The summed E-state index contributed by atoms with van der Waals surface area (Å²) in [6, 6.07) is 14.7. The van der Waals surface area contributed by atoms with Gasteiger partial charge in [0.2, 0.25) is 5.91 Å². The third-order valence-corrected chi connectivity index (χ3v) is 4.57. The first kappa shape index (κ1) is 17.0. The number of hydrogen-bond acceptors (Lipinski definition) is 3. The molecule has 1 aromatic heterocycles. The average molecular weight is 364 g/mol. The van der Waals surface area contributed by atoms with E-state index in [1.54, 1.807) is 24.3 Å². The molecule has 27 heavy (non-hydrogen) atoms. The highest BCUT2D eigenvalue weighted by atomic mass is 19.1. The Kier molecular flexibility index (Phi) is 4.24. The molecule has 0 saturated heterocycles. The van der Waals surface area contributed by atoms with E-state index in [9.17, 15) is 14.0 Å². The molecule has 2 heterocycles. The first-order chi connectivity index (χ1) is 13.0. The van der Waals surface area contributed by atoms with Gasteiger partial charge in [0, 0.05) is 5.69 Å². The molecule has 5 nitrogen and oxygen atoms in total. The molecule has 1 unspecified atom stereocenters. The molecule has 1 aliphatic rings. The van der Waals surface area contributed by atoms with Gasteiger partial charge in [0.05, 0.1) is 18.0 Å². The van der Waals surface area contributed by atoms with Crippen molar-refractivity contribution in [2.75, 3.05) is 5.32 Å². The number of nitrogens with one attached hydrogen (secondary N) is 2. The van der Waals surface area contributed by atoms with Crippen molar-refractivity contribution in [2.24, 2.45) is 0 Å². The highest BCUT2D eigenvalue weighted by Crippen LogP contribution is 2.27. The Morgan fingerprint density at radius 1 is 1.19 bits per heavy atom. The summed E-state index contributed by atoms with van der Waals surface area (Å²) in [5.74, 6) is -0.422. The SMILES string of the molecule is CC(NC(=O)c1ccc(-c2ccccc2F)o1)c1ccc2c(c1)CC(=O)N2. The average Bonchev–Trinajstić information content (AvgIpc) is 3.27. The lowest BCUT2D eigenvalue weighted by Crippen LogP contribution is -2.26. The highest BCUT2D eigenvalue weighted by molar-refractivity contribution is 5.99. The van der Waals surface area contributed by atoms with E-state index in [0.717, 1.165) is 16.8 Å². The summed E-state index contributed by atoms with van der Waals surface area (Å²) in [4.78, 5) is 23.9. The number of amides is 2. The Morgan fingerprint density at radius 2 is 2.00 bits per heavy atom. The Labute approximate surface area is 155 Å². The molecule has 0 bridgehead atoms. The Balaban J connectivity index is 1.49. The van der Waals surface area contributed by atoms with Gasteiger partial charge in [0.15, 0.2) is 5.76 Å². The molecule has 1 aliphatic heterocycles. The summed E-state index contributed by atoms with van der Waals surface area (Å²) in [7, 11) is 0. The monoisotopic (exact) mass is 364 g/mol. The summed E-state index contributed by atoms with van der Waals surface area (Å²) in [5, 5.41) is 5.64. The lowest BCUT2D eigenvalue weighted by molar-refractivity contribution is -0.115. The third-order valence-electron chi connectivity index (χ3n) is 4.57. The number of hydrogen-bond donors (Lipinski definition) is 2. The van der Waals surface area contributed by atoms with Gasteiger partial charge in [0.25, 0.3) is 5.91 Å². The highest BCUT2D eigenvalue weighted by Gasteiger charge is 2.21. The summed E-state index contributed by atoms with van der Waals surface area (Å²) in [6.45, 7) is 1.85. The molecule has 0 spiro atoms. The van der Waals surface area contributed by atoms with Gasteiger partial charge in [-0.2, -0.15) is 0 Å². The molecular weight excluding hydrogens is 347 g/mol. The van der Waals surface area contributed by atoms with Crippen LogP contribution in [0.4, 0.5) is 10.1 Å². The number of furan rings is 1. The largest absolute Gasteiger partial charge is 0.451 e. The van der Waals surface area contributed by atoms with Crippen molar-refractivity contribution in [2.45, 2.75) is 19.4 Å². The van der Waals surface area contributed by atoms with E-state index in [-0.39, 0.29) is 23.6 Å². The van der Waals surface area contributed by atoms with Crippen LogP contribution in [0.5, 0.6) is 0 Å². The van der Waals surface area contributed by atoms with Crippen LogP contribution in [0.2, 0.25) is 0 Å².